The lowest BCUT2D eigenvalue weighted by molar-refractivity contribution is -0.385. The second-order valence-corrected chi connectivity index (χ2v) is 10.8. The SMILES string of the molecule is CNc1ccccc1/C=C/c1nc2ccc(OC(O)(O)COC(O)(O)CS(=O)(=O)c3ccc(C)cc3)cc2o1. The van der Waals surface area contributed by atoms with E-state index in [2.05, 4.69) is 15.0 Å². The average Bonchev–Trinajstić information content (AvgIpc) is 3.28. The number of para-hydroxylation sites is 1. The van der Waals surface area contributed by atoms with Crippen LogP contribution in [0.3, 0.4) is 0 Å². The van der Waals surface area contributed by atoms with Crippen molar-refractivity contribution in [1.82, 2.24) is 4.98 Å². The second kappa shape index (κ2) is 11.1. The zero-order chi connectivity index (χ0) is 28.3. The predicted molar refractivity (Wildman–Crippen MR) is 143 cm³/mol. The maximum atomic E-state index is 12.5. The normalized spacial score (nSPS) is 12.8. The topological polar surface area (TPSA) is 172 Å². The predicted octanol–water partition coefficient (Wildman–Crippen LogP) is 2.49. The fourth-order valence-electron chi connectivity index (χ4n) is 3.63. The molecule has 0 saturated heterocycles. The van der Waals surface area contributed by atoms with Crippen LogP contribution in [0.25, 0.3) is 23.3 Å². The molecule has 0 unspecified atom stereocenters. The van der Waals surface area contributed by atoms with Crippen molar-refractivity contribution in [2.75, 3.05) is 24.7 Å². The number of nitrogens with one attached hydrogen (secondary N) is 1. The molecule has 4 aromatic rings. The molecule has 0 aliphatic carbocycles. The van der Waals surface area contributed by atoms with Gasteiger partial charge >= 0.3 is 5.97 Å². The molecule has 0 aliphatic heterocycles. The molecule has 1 aromatic heterocycles. The summed E-state index contributed by atoms with van der Waals surface area (Å²) in [6.45, 7) is 0.572. The number of ether oxygens (including phenoxy) is 2. The highest BCUT2D eigenvalue weighted by Crippen LogP contribution is 2.26. The summed E-state index contributed by atoms with van der Waals surface area (Å²) in [5, 5.41) is 43.6. The first-order chi connectivity index (χ1) is 18.4. The van der Waals surface area contributed by atoms with Crippen molar-refractivity contribution in [3.63, 3.8) is 0 Å². The van der Waals surface area contributed by atoms with Crippen molar-refractivity contribution >= 4 is 38.8 Å². The molecular weight excluding hydrogens is 528 g/mol. The Balaban J connectivity index is 1.40. The lowest BCUT2D eigenvalue weighted by Gasteiger charge is -2.27. The Labute approximate surface area is 224 Å². The van der Waals surface area contributed by atoms with Crippen molar-refractivity contribution < 1.29 is 42.7 Å². The molecule has 39 heavy (non-hydrogen) atoms. The number of anilines is 1. The Hall–Kier alpha value is -3.78. The van der Waals surface area contributed by atoms with Crippen molar-refractivity contribution in [2.24, 2.45) is 0 Å². The van der Waals surface area contributed by atoms with Crippen LogP contribution in [0.15, 0.2) is 76.0 Å². The number of nitrogens with zero attached hydrogens (tertiary/aromatic N) is 1. The van der Waals surface area contributed by atoms with Crippen molar-refractivity contribution in [3.8, 4) is 5.75 Å². The van der Waals surface area contributed by atoms with E-state index in [1.165, 1.54) is 30.3 Å². The van der Waals surface area contributed by atoms with Crippen LogP contribution in [0.5, 0.6) is 5.75 Å². The van der Waals surface area contributed by atoms with Gasteiger partial charge in [-0.2, -0.15) is 0 Å². The molecule has 4 rings (SSSR count). The number of benzene rings is 3. The van der Waals surface area contributed by atoms with Gasteiger partial charge in [-0.25, -0.2) is 13.4 Å². The maximum Gasteiger partial charge on any atom is 0.347 e. The zero-order valence-electron chi connectivity index (χ0n) is 21.1. The molecule has 0 amide bonds. The third-order valence-corrected chi connectivity index (χ3v) is 7.29. The number of rotatable bonds is 11. The monoisotopic (exact) mass is 556 g/mol. The van der Waals surface area contributed by atoms with E-state index >= 15 is 0 Å². The summed E-state index contributed by atoms with van der Waals surface area (Å²) in [4.78, 5) is 4.20. The van der Waals surface area contributed by atoms with E-state index in [1.807, 2.05) is 37.4 Å². The standard InChI is InChI=1S/C27H28N2O9S/c1-18-7-11-21(12-8-18)39(34,35)17-27(32,33)36-16-26(30,31)38-20-10-13-23-24(15-20)37-25(29-23)14-9-19-5-3-4-6-22(19)28-2/h3-15,28,30-33H,16-17H2,1-2H3/b14-9+. The van der Waals surface area contributed by atoms with E-state index in [4.69, 9.17) is 9.15 Å². The number of aromatic nitrogens is 1. The second-order valence-electron chi connectivity index (χ2n) is 8.80. The molecular formula is C27H28N2O9S. The summed E-state index contributed by atoms with van der Waals surface area (Å²) in [7, 11) is -2.35. The van der Waals surface area contributed by atoms with Crippen LogP contribution in [0.2, 0.25) is 0 Å². The Kier molecular flexibility index (Phi) is 8.07. The largest absolute Gasteiger partial charge is 0.437 e. The molecule has 0 aliphatic rings. The number of hydrogen-bond donors (Lipinski definition) is 5. The van der Waals surface area contributed by atoms with Gasteiger partial charge in [-0.1, -0.05) is 35.9 Å². The van der Waals surface area contributed by atoms with E-state index in [9.17, 15) is 28.8 Å². The summed E-state index contributed by atoms with van der Waals surface area (Å²) in [6.07, 6.45) is 3.51. The molecule has 0 saturated carbocycles. The summed E-state index contributed by atoms with van der Waals surface area (Å²) >= 11 is 0. The first kappa shape index (κ1) is 28.2. The molecule has 12 heteroatoms. The number of oxazole rings is 1. The van der Waals surface area contributed by atoms with E-state index in [0.717, 1.165) is 16.8 Å². The third-order valence-electron chi connectivity index (χ3n) is 5.54. The van der Waals surface area contributed by atoms with Gasteiger partial charge in [-0.05, 0) is 48.9 Å². The van der Waals surface area contributed by atoms with Gasteiger partial charge in [0.25, 0.3) is 5.97 Å². The fourth-order valence-corrected chi connectivity index (χ4v) is 4.93. The van der Waals surface area contributed by atoms with Gasteiger partial charge in [0, 0.05) is 24.9 Å². The van der Waals surface area contributed by atoms with Gasteiger partial charge < -0.3 is 39.6 Å². The minimum atomic E-state index is -4.17. The molecule has 5 N–H and O–H groups in total. The average molecular weight is 557 g/mol. The molecule has 0 bridgehead atoms. The molecule has 0 spiro atoms. The number of aryl methyl sites for hydroxylation is 1. The van der Waals surface area contributed by atoms with Gasteiger partial charge in [0.1, 0.15) is 23.6 Å². The highest BCUT2D eigenvalue weighted by molar-refractivity contribution is 7.91. The van der Waals surface area contributed by atoms with Crippen LogP contribution < -0.4 is 10.1 Å². The van der Waals surface area contributed by atoms with Crippen molar-refractivity contribution in [1.29, 1.82) is 0 Å². The van der Waals surface area contributed by atoms with E-state index in [-0.39, 0.29) is 16.2 Å². The minimum Gasteiger partial charge on any atom is -0.437 e. The van der Waals surface area contributed by atoms with Crippen LogP contribution in [0.1, 0.15) is 17.0 Å². The summed E-state index contributed by atoms with van der Waals surface area (Å²) in [6, 6.07) is 17.7. The molecule has 11 nitrogen and oxygen atoms in total. The van der Waals surface area contributed by atoms with E-state index in [1.54, 1.807) is 25.1 Å². The van der Waals surface area contributed by atoms with E-state index in [0.29, 0.717) is 11.4 Å². The van der Waals surface area contributed by atoms with Gasteiger partial charge in [0.15, 0.2) is 15.4 Å². The Morgan fingerprint density at radius 3 is 2.41 bits per heavy atom. The van der Waals surface area contributed by atoms with Gasteiger partial charge in [0.2, 0.25) is 5.89 Å². The molecule has 0 fully saturated rings. The van der Waals surface area contributed by atoms with Crippen LogP contribution in [-0.4, -0.2) is 65.2 Å². The molecule has 206 valence electrons. The van der Waals surface area contributed by atoms with Gasteiger partial charge in [-0.15, -0.1) is 0 Å². The Morgan fingerprint density at radius 1 is 0.974 bits per heavy atom. The van der Waals surface area contributed by atoms with Crippen LogP contribution >= 0.6 is 0 Å². The number of hydrogen-bond acceptors (Lipinski definition) is 11. The molecule has 1 heterocycles. The summed E-state index contributed by atoms with van der Waals surface area (Å²) < 4.78 is 40.4. The number of sulfone groups is 1. The Bertz CT molecular complexity index is 1580. The lowest BCUT2D eigenvalue weighted by atomic mass is 10.1. The quantitative estimate of drug-likeness (QED) is 0.172. The molecule has 0 atom stereocenters. The van der Waals surface area contributed by atoms with Crippen molar-refractivity contribution in [2.45, 2.75) is 23.8 Å². The number of fused-ring (bicyclic) bond motifs is 1. The van der Waals surface area contributed by atoms with Crippen molar-refractivity contribution in [3.05, 3.63) is 83.7 Å². The summed E-state index contributed by atoms with van der Waals surface area (Å²) in [5.41, 5.74) is 3.43. The first-order valence-electron chi connectivity index (χ1n) is 11.7. The van der Waals surface area contributed by atoms with Gasteiger partial charge in [0.05, 0.1) is 4.90 Å². The molecule has 0 radical (unpaired) electrons. The smallest absolute Gasteiger partial charge is 0.347 e. The lowest BCUT2D eigenvalue weighted by Crippen LogP contribution is -2.48. The van der Waals surface area contributed by atoms with Crippen LogP contribution in [0, 0.1) is 6.92 Å². The number of aliphatic hydroxyl groups is 4. The van der Waals surface area contributed by atoms with Crippen LogP contribution in [-0.2, 0) is 14.6 Å². The fraction of sp³-hybridized carbons (Fsp3) is 0.222. The van der Waals surface area contributed by atoms with Gasteiger partial charge in [-0.3, -0.25) is 0 Å². The Morgan fingerprint density at radius 2 is 1.69 bits per heavy atom. The highest BCUT2D eigenvalue weighted by atomic mass is 32.2. The van der Waals surface area contributed by atoms with E-state index < -0.39 is 34.1 Å². The first-order valence-corrected chi connectivity index (χ1v) is 13.4. The maximum absolute atomic E-state index is 12.5. The molecule has 3 aromatic carbocycles. The third kappa shape index (κ3) is 7.41. The summed E-state index contributed by atoms with van der Waals surface area (Å²) in [5.74, 6) is -7.28. The minimum absolute atomic E-state index is 0.0583. The highest BCUT2D eigenvalue weighted by Gasteiger charge is 2.37. The zero-order valence-corrected chi connectivity index (χ0v) is 21.9. The van der Waals surface area contributed by atoms with Crippen LogP contribution in [0.4, 0.5) is 5.69 Å².